The van der Waals surface area contributed by atoms with E-state index in [0.29, 0.717) is 19.3 Å². The predicted octanol–water partition coefficient (Wildman–Crippen LogP) is 0.292. The Labute approximate surface area is 107 Å². The monoisotopic (exact) mass is 277 g/mol. The Kier molecular flexibility index (Phi) is 3.19. The summed E-state index contributed by atoms with van der Waals surface area (Å²) in [5.74, 6) is -0.934. The van der Waals surface area contributed by atoms with E-state index in [1.165, 1.54) is 11.4 Å². The molecule has 1 atom stereocenters. The molecule has 0 amide bonds. The number of rotatable bonds is 5. The molecule has 1 saturated carbocycles. The van der Waals surface area contributed by atoms with Crippen LogP contribution < -0.4 is 0 Å². The lowest BCUT2D eigenvalue weighted by Gasteiger charge is -2.24. The van der Waals surface area contributed by atoms with Gasteiger partial charge in [0.05, 0.1) is 12.0 Å². The standard InChI is InChI=1S/C11H19NO5S/c1-10(9(13)14)5-6-12(7-10)18(15,16)11(3-4-11)8-17-2/h3-8H2,1-2H3,(H,13,14). The van der Waals surface area contributed by atoms with Gasteiger partial charge in [0.15, 0.2) is 0 Å². The number of carboxylic acids is 1. The van der Waals surface area contributed by atoms with Crippen LogP contribution in [0.2, 0.25) is 0 Å². The van der Waals surface area contributed by atoms with Gasteiger partial charge >= 0.3 is 5.97 Å². The summed E-state index contributed by atoms with van der Waals surface area (Å²) in [7, 11) is -1.96. The maximum absolute atomic E-state index is 12.5. The van der Waals surface area contributed by atoms with Crippen LogP contribution in [0.1, 0.15) is 26.2 Å². The molecule has 7 heteroatoms. The first-order valence-electron chi connectivity index (χ1n) is 5.99. The highest BCUT2D eigenvalue weighted by Gasteiger charge is 2.59. The van der Waals surface area contributed by atoms with Crippen molar-refractivity contribution in [3.63, 3.8) is 0 Å². The van der Waals surface area contributed by atoms with Crippen molar-refractivity contribution in [2.24, 2.45) is 5.41 Å². The lowest BCUT2D eigenvalue weighted by molar-refractivity contribution is -0.146. The summed E-state index contributed by atoms with van der Waals surface area (Å²) in [6.45, 7) is 2.14. The molecule has 104 valence electrons. The van der Waals surface area contributed by atoms with Gasteiger partial charge in [-0.2, -0.15) is 0 Å². The fraction of sp³-hybridized carbons (Fsp3) is 0.909. The molecule has 2 fully saturated rings. The van der Waals surface area contributed by atoms with Gasteiger partial charge in [0.25, 0.3) is 0 Å². The maximum atomic E-state index is 12.5. The van der Waals surface area contributed by atoms with Gasteiger partial charge in [-0.25, -0.2) is 12.7 Å². The second kappa shape index (κ2) is 4.18. The number of methoxy groups -OCH3 is 1. The van der Waals surface area contributed by atoms with Crippen molar-refractivity contribution in [1.29, 1.82) is 0 Å². The third kappa shape index (κ3) is 1.94. The molecule has 1 aliphatic carbocycles. The van der Waals surface area contributed by atoms with Crippen LogP contribution in [0.3, 0.4) is 0 Å². The topological polar surface area (TPSA) is 83.9 Å². The number of sulfonamides is 1. The van der Waals surface area contributed by atoms with Gasteiger partial charge in [0.2, 0.25) is 10.0 Å². The fourth-order valence-electron chi connectivity index (χ4n) is 2.45. The Morgan fingerprint density at radius 1 is 1.39 bits per heavy atom. The maximum Gasteiger partial charge on any atom is 0.310 e. The Hall–Kier alpha value is -0.660. The van der Waals surface area contributed by atoms with Gasteiger partial charge in [-0.3, -0.25) is 4.79 Å². The zero-order valence-corrected chi connectivity index (χ0v) is 11.5. The minimum atomic E-state index is -3.45. The van der Waals surface area contributed by atoms with E-state index >= 15 is 0 Å². The van der Waals surface area contributed by atoms with Crippen LogP contribution in [-0.4, -0.2) is 55.4 Å². The number of hydrogen-bond donors (Lipinski definition) is 1. The highest BCUT2D eigenvalue weighted by Crippen LogP contribution is 2.47. The molecule has 0 aromatic rings. The lowest BCUT2D eigenvalue weighted by Crippen LogP contribution is -2.43. The van der Waals surface area contributed by atoms with Gasteiger partial charge in [-0.15, -0.1) is 0 Å². The fourth-order valence-corrected chi connectivity index (χ4v) is 4.67. The molecular formula is C11H19NO5S. The van der Waals surface area contributed by atoms with E-state index in [9.17, 15) is 13.2 Å². The van der Waals surface area contributed by atoms with E-state index in [1.807, 2.05) is 0 Å². The van der Waals surface area contributed by atoms with Crippen molar-refractivity contribution < 1.29 is 23.1 Å². The lowest BCUT2D eigenvalue weighted by atomic mass is 9.90. The van der Waals surface area contributed by atoms with Crippen LogP contribution >= 0.6 is 0 Å². The Bertz CT molecular complexity index is 456. The number of hydrogen-bond acceptors (Lipinski definition) is 4. The summed E-state index contributed by atoms with van der Waals surface area (Å²) < 4.78 is 30.5. The van der Waals surface area contributed by atoms with Crippen molar-refractivity contribution in [2.45, 2.75) is 30.9 Å². The second-order valence-electron chi connectivity index (χ2n) is 5.57. The molecule has 1 heterocycles. The number of nitrogens with zero attached hydrogens (tertiary/aromatic N) is 1. The zero-order chi connectivity index (χ0) is 13.6. The quantitative estimate of drug-likeness (QED) is 0.781. The van der Waals surface area contributed by atoms with Crippen molar-refractivity contribution in [1.82, 2.24) is 4.31 Å². The van der Waals surface area contributed by atoms with Gasteiger partial charge in [0.1, 0.15) is 4.75 Å². The number of ether oxygens (including phenoxy) is 1. The summed E-state index contributed by atoms with van der Waals surface area (Å²) in [6, 6.07) is 0. The first-order chi connectivity index (χ1) is 8.27. The van der Waals surface area contributed by atoms with E-state index in [2.05, 4.69) is 0 Å². The minimum Gasteiger partial charge on any atom is -0.481 e. The zero-order valence-electron chi connectivity index (χ0n) is 10.7. The molecule has 0 radical (unpaired) electrons. The average molecular weight is 277 g/mol. The Morgan fingerprint density at radius 2 is 2.00 bits per heavy atom. The van der Waals surface area contributed by atoms with Gasteiger partial charge in [-0.1, -0.05) is 0 Å². The molecule has 1 aliphatic heterocycles. The molecule has 18 heavy (non-hydrogen) atoms. The van der Waals surface area contributed by atoms with E-state index < -0.39 is 26.2 Å². The summed E-state index contributed by atoms with van der Waals surface area (Å²) >= 11 is 0. The summed E-state index contributed by atoms with van der Waals surface area (Å²) in [5.41, 5.74) is -0.962. The second-order valence-corrected chi connectivity index (χ2v) is 7.90. The van der Waals surface area contributed by atoms with Crippen LogP contribution in [0.15, 0.2) is 0 Å². The van der Waals surface area contributed by atoms with Crippen LogP contribution in [0.4, 0.5) is 0 Å². The van der Waals surface area contributed by atoms with Crippen molar-refractivity contribution in [2.75, 3.05) is 26.8 Å². The summed E-state index contributed by atoms with van der Waals surface area (Å²) in [5, 5.41) is 9.13. The summed E-state index contributed by atoms with van der Waals surface area (Å²) in [6.07, 6.45) is 1.57. The molecule has 1 N–H and O–H groups in total. The molecular weight excluding hydrogens is 258 g/mol. The predicted molar refractivity (Wildman–Crippen MR) is 64.7 cm³/mol. The normalized spacial score (nSPS) is 31.4. The Morgan fingerprint density at radius 3 is 2.39 bits per heavy atom. The number of carboxylic acid groups (broad SMARTS) is 1. The SMILES string of the molecule is COCC1(S(=O)(=O)N2CCC(C)(C(=O)O)C2)CC1. The molecule has 1 saturated heterocycles. The molecule has 2 rings (SSSR count). The van der Waals surface area contributed by atoms with Crippen LogP contribution in [0.5, 0.6) is 0 Å². The van der Waals surface area contributed by atoms with Crippen molar-refractivity contribution in [3.8, 4) is 0 Å². The van der Waals surface area contributed by atoms with Crippen LogP contribution in [-0.2, 0) is 19.6 Å². The third-order valence-corrected chi connectivity index (χ3v) is 6.67. The van der Waals surface area contributed by atoms with Crippen LogP contribution in [0, 0.1) is 5.41 Å². The van der Waals surface area contributed by atoms with Gasteiger partial charge in [-0.05, 0) is 26.2 Å². The smallest absolute Gasteiger partial charge is 0.310 e. The van der Waals surface area contributed by atoms with Crippen molar-refractivity contribution in [3.05, 3.63) is 0 Å². The first kappa shape index (κ1) is 13.8. The van der Waals surface area contributed by atoms with E-state index in [1.54, 1.807) is 6.92 Å². The average Bonchev–Trinajstić information content (AvgIpc) is 2.95. The van der Waals surface area contributed by atoms with E-state index in [4.69, 9.17) is 9.84 Å². The third-order valence-electron chi connectivity index (χ3n) is 4.06. The molecule has 2 aliphatic rings. The number of carbonyl (C=O) groups is 1. The highest BCUT2D eigenvalue weighted by molar-refractivity contribution is 7.90. The number of aliphatic carboxylic acids is 1. The molecule has 0 aromatic heterocycles. The van der Waals surface area contributed by atoms with E-state index in [-0.39, 0.29) is 19.7 Å². The first-order valence-corrected chi connectivity index (χ1v) is 7.43. The largest absolute Gasteiger partial charge is 0.481 e. The van der Waals surface area contributed by atoms with Gasteiger partial charge in [0, 0.05) is 20.2 Å². The van der Waals surface area contributed by atoms with E-state index in [0.717, 1.165) is 0 Å². The Balaban J connectivity index is 2.17. The highest BCUT2D eigenvalue weighted by atomic mass is 32.2. The molecule has 0 aromatic carbocycles. The molecule has 0 bridgehead atoms. The van der Waals surface area contributed by atoms with Crippen molar-refractivity contribution >= 4 is 16.0 Å². The molecule has 0 spiro atoms. The minimum absolute atomic E-state index is 0.0656. The summed E-state index contributed by atoms with van der Waals surface area (Å²) in [4.78, 5) is 11.1. The van der Waals surface area contributed by atoms with Gasteiger partial charge < -0.3 is 9.84 Å². The molecule has 1 unspecified atom stereocenters. The van der Waals surface area contributed by atoms with Crippen LogP contribution in [0.25, 0.3) is 0 Å². The molecule has 6 nitrogen and oxygen atoms in total.